The lowest BCUT2D eigenvalue weighted by Gasteiger charge is -2.27. The van der Waals surface area contributed by atoms with Crippen molar-refractivity contribution in [1.29, 1.82) is 0 Å². The maximum atomic E-state index is 11.0. The number of thioether (sulfide) groups is 1. The highest BCUT2D eigenvalue weighted by atomic mass is 32.2. The summed E-state index contributed by atoms with van der Waals surface area (Å²) < 4.78 is 0. The van der Waals surface area contributed by atoms with E-state index in [2.05, 4.69) is 19.2 Å². The predicted octanol–water partition coefficient (Wildman–Crippen LogP) is 1.97. The SMILES string of the molecule is CC(C)CC(NC1CCSCC1)C(=O)O. The Balaban J connectivity index is 2.38. The highest BCUT2D eigenvalue weighted by molar-refractivity contribution is 7.99. The highest BCUT2D eigenvalue weighted by Crippen LogP contribution is 2.18. The summed E-state index contributed by atoms with van der Waals surface area (Å²) in [6.07, 6.45) is 2.93. The topological polar surface area (TPSA) is 49.3 Å². The Labute approximate surface area is 96.0 Å². The zero-order valence-corrected chi connectivity index (χ0v) is 10.3. The Morgan fingerprint density at radius 2 is 2.07 bits per heavy atom. The fraction of sp³-hybridized carbons (Fsp3) is 0.909. The second-order valence-electron chi connectivity index (χ2n) is 4.57. The van der Waals surface area contributed by atoms with Crippen LogP contribution < -0.4 is 5.32 Å². The number of rotatable bonds is 5. The van der Waals surface area contributed by atoms with E-state index in [0.29, 0.717) is 12.0 Å². The lowest BCUT2D eigenvalue weighted by molar-refractivity contribution is -0.140. The summed E-state index contributed by atoms with van der Waals surface area (Å²) in [5.41, 5.74) is 0. The molecule has 88 valence electrons. The van der Waals surface area contributed by atoms with E-state index in [4.69, 9.17) is 5.11 Å². The van der Waals surface area contributed by atoms with E-state index < -0.39 is 5.97 Å². The molecule has 0 aromatic heterocycles. The first-order valence-electron chi connectivity index (χ1n) is 5.66. The maximum Gasteiger partial charge on any atom is 0.320 e. The van der Waals surface area contributed by atoms with Crippen LogP contribution in [-0.2, 0) is 4.79 Å². The fourth-order valence-corrected chi connectivity index (χ4v) is 2.97. The van der Waals surface area contributed by atoms with E-state index in [1.807, 2.05) is 11.8 Å². The molecule has 1 unspecified atom stereocenters. The van der Waals surface area contributed by atoms with Gasteiger partial charge in [0.05, 0.1) is 0 Å². The summed E-state index contributed by atoms with van der Waals surface area (Å²) >= 11 is 1.96. The van der Waals surface area contributed by atoms with Gasteiger partial charge < -0.3 is 10.4 Å². The van der Waals surface area contributed by atoms with Gasteiger partial charge in [-0.1, -0.05) is 13.8 Å². The molecule has 1 saturated heterocycles. The van der Waals surface area contributed by atoms with Crippen LogP contribution in [0, 0.1) is 5.92 Å². The van der Waals surface area contributed by atoms with Gasteiger partial charge >= 0.3 is 5.97 Å². The summed E-state index contributed by atoms with van der Waals surface area (Å²) in [4.78, 5) is 11.0. The molecule has 1 aliphatic heterocycles. The van der Waals surface area contributed by atoms with Gasteiger partial charge in [0.15, 0.2) is 0 Å². The third-order valence-electron chi connectivity index (χ3n) is 2.66. The molecular weight excluding hydrogens is 210 g/mol. The summed E-state index contributed by atoms with van der Waals surface area (Å²) in [5.74, 6) is 2.04. The highest BCUT2D eigenvalue weighted by Gasteiger charge is 2.23. The molecule has 1 rings (SSSR count). The van der Waals surface area contributed by atoms with Gasteiger partial charge in [-0.2, -0.15) is 11.8 Å². The van der Waals surface area contributed by atoms with Gasteiger partial charge in [0.25, 0.3) is 0 Å². The predicted molar refractivity (Wildman–Crippen MR) is 64.4 cm³/mol. The van der Waals surface area contributed by atoms with Crippen LogP contribution in [0.3, 0.4) is 0 Å². The van der Waals surface area contributed by atoms with Crippen molar-refractivity contribution in [1.82, 2.24) is 5.32 Å². The van der Waals surface area contributed by atoms with Crippen molar-refractivity contribution >= 4 is 17.7 Å². The molecule has 0 bridgehead atoms. The van der Waals surface area contributed by atoms with Gasteiger partial charge in [-0.25, -0.2) is 0 Å². The van der Waals surface area contributed by atoms with Crippen molar-refractivity contribution in [2.45, 2.75) is 45.2 Å². The Kier molecular flexibility index (Phi) is 5.47. The lowest BCUT2D eigenvalue weighted by Crippen LogP contribution is -2.45. The first kappa shape index (κ1) is 12.8. The van der Waals surface area contributed by atoms with Gasteiger partial charge in [-0.05, 0) is 36.7 Å². The molecule has 15 heavy (non-hydrogen) atoms. The quantitative estimate of drug-likeness (QED) is 0.759. The molecule has 4 heteroatoms. The van der Waals surface area contributed by atoms with Gasteiger partial charge in [0.1, 0.15) is 6.04 Å². The first-order chi connectivity index (χ1) is 7.09. The Hall–Kier alpha value is -0.220. The number of aliphatic carboxylic acids is 1. The standard InChI is InChI=1S/C11H21NO2S/c1-8(2)7-10(11(13)14)12-9-3-5-15-6-4-9/h8-10,12H,3-7H2,1-2H3,(H,13,14). The van der Waals surface area contributed by atoms with Crippen LogP contribution in [0.1, 0.15) is 33.1 Å². The van der Waals surface area contributed by atoms with Crippen LogP contribution in [0.4, 0.5) is 0 Å². The van der Waals surface area contributed by atoms with Crippen molar-refractivity contribution in [2.24, 2.45) is 5.92 Å². The fourth-order valence-electron chi connectivity index (χ4n) is 1.86. The molecule has 0 radical (unpaired) electrons. The third-order valence-corrected chi connectivity index (χ3v) is 3.71. The van der Waals surface area contributed by atoms with Crippen LogP contribution in [0.2, 0.25) is 0 Å². The first-order valence-corrected chi connectivity index (χ1v) is 6.81. The Bertz CT molecular complexity index is 203. The average molecular weight is 231 g/mol. The second kappa shape index (κ2) is 6.38. The number of hydrogen-bond acceptors (Lipinski definition) is 3. The van der Waals surface area contributed by atoms with Crippen LogP contribution in [0.25, 0.3) is 0 Å². The molecule has 3 nitrogen and oxygen atoms in total. The van der Waals surface area contributed by atoms with E-state index in [1.54, 1.807) is 0 Å². The van der Waals surface area contributed by atoms with E-state index in [-0.39, 0.29) is 6.04 Å². The zero-order valence-electron chi connectivity index (χ0n) is 9.53. The van der Waals surface area contributed by atoms with Gasteiger partial charge in [-0.15, -0.1) is 0 Å². The summed E-state index contributed by atoms with van der Waals surface area (Å²) in [6.45, 7) is 4.13. The molecule has 0 aromatic rings. The van der Waals surface area contributed by atoms with Gasteiger partial charge in [-0.3, -0.25) is 4.79 Å². The monoisotopic (exact) mass is 231 g/mol. The molecule has 0 spiro atoms. The largest absolute Gasteiger partial charge is 0.480 e. The molecule has 0 aliphatic carbocycles. The van der Waals surface area contributed by atoms with Crippen molar-refractivity contribution < 1.29 is 9.90 Å². The molecule has 0 aromatic carbocycles. The number of carbonyl (C=O) groups is 1. The van der Waals surface area contributed by atoms with Crippen LogP contribution in [-0.4, -0.2) is 34.7 Å². The van der Waals surface area contributed by atoms with Crippen molar-refractivity contribution in [2.75, 3.05) is 11.5 Å². The molecule has 0 saturated carbocycles. The van der Waals surface area contributed by atoms with E-state index in [9.17, 15) is 4.79 Å². The number of carboxylic acids is 1. The lowest BCUT2D eigenvalue weighted by atomic mass is 10.0. The zero-order chi connectivity index (χ0) is 11.3. The van der Waals surface area contributed by atoms with E-state index >= 15 is 0 Å². The molecule has 2 N–H and O–H groups in total. The molecule has 0 amide bonds. The summed E-state index contributed by atoms with van der Waals surface area (Å²) in [6, 6.07) is 0.0456. The van der Waals surface area contributed by atoms with E-state index in [0.717, 1.165) is 30.8 Å². The summed E-state index contributed by atoms with van der Waals surface area (Å²) in [7, 11) is 0. The minimum atomic E-state index is -0.707. The second-order valence-corrected chi connectivity index (χ2v) is 5.80. The number of hydrogen-bond donors (Lipinski definition) is 2. The molecule has 1 atom stereocenters. The maximum absolute atomic E-state index is 11.0. The van der Waals surface area contributed by atoms with Gasteiger partial charge in [0.2, 0.25) is 0 Å². The van der Waals surface area contributed by atoms with Crippen LogP contribution >= 0.6 is 11.8 Å². The number of nitrogens with one attached hydrogen (secondary N) is 1. The Morgan fingerprint density at radius 3 is 2.53 bits per heavy atom. The van der Waals surface area contributed by atoms with Crippen molar-refractivity contribution in [3.8, 4) is 0 Å². The number of carboxylic acid groups (broad SMARTS) is 1. The molecule has 1 heterocycles. The van der Waals surface area contributed by atoms with Crippen LogP contribution in [0.15, 0.2) is 0 Å². The van der Waals surface area contributed by atoms with Gasteiger partial charge in [0, 0.05) is 6.04 Å². The molecule has 1 aliphatic rings. The van der Waals surface area contributed by atoms with Crippen molar-refractivity contribution in [3.63, 3.8) is 0 Å². The Morgan fingerprint density at radius 1 is 1.47 bits per heavy atom. The average Bonchev–Trinajstić information content (AvgIpc) is 2.17. The normalized spacial score (nSPS) is 20.5. The minimum absolute atomic E-state index is 0.363. The smallest absolute Gasteiger partial charge is 0.320 e. The minimum Gasteiger partial charge on any atom is -0.480 e. The van der Waals surface area contributed by atoms with E-state index in [1.165, 1.54) is 0 Å². The van der Waals surface area contributed by atoms with Crippen LogP contribution in [0.5, 0.6) is 0 Å². The van der Waals surface area contributed by atoms with Crippen molar-refractivity contribution in [3.05, 3.63) is 0 Å². The third kappa shape index (κ3) is 4.89. The molecular formula is C11H21NO2S. The molecule has 1 fully saturated rings. The summed E-state index contributed by atoms with van der Waals surface area (Å²) in [5, 5.41) is 12.4.